The van der Waals surface area contributed by atoms with E-state index in [9.17, 15) is 9.65 Å². The molecular formula is C24H17Cl2FN4O. The lowest BCUT2D eigenvalue weighted by molar-refractivity contribution is 0.0591. The second-order valence-corrected chi connectivity index (χ2v) is 8.55. The van der Waals surface area contributed by atoms with Gasteiger partial charge < -0.3 is 10.2 Å². The van der Waals surface area contributed by atoms with Gasteiger partial charge in [0, 0.05) is 30.8 Å². The van der Waals surface area contributed by atoms with Crippen molar-refractivity contribution < 1.29 is 8.81 Å². The fourth-order valence-electron chi connectivity index (χ4n) is 3.94. The molecule has 1 fully saturated rings. The first-order valence-corrected chi connectivity index (χ1v) is 10.7. The summed E-state index contributed by atoms with van der Waals surface area (Å²) in [4.78, 5) is 6.58. The van der Waals surface area contributed by atoms with E-state index in [1.54, 1.807) is 18.2 Å². The third-order valence-corrected chi connectivity index (χ3v) is 6.37. The zero-order chi connectivity index (χ0) is 22.4. The Morgan fingerprint density at radius 2 is 1.78 bits per heavy atom. The van der Waals surface area contributed by atoms with Crippen molar-refractivity contribution in [2.45, 2.75) is 12.7 Å². The van der Waals surface area contributed by atoms with Gasteiger partial charge in [0.1, 0.15) is 17.8 Å². The highest BCUT2D eigenvalue weighted by atomic mass is 35.5. The number of benzene rings is 3. The summed E-state index contributed by atoms with van der Waals surface area (Å²) in [5.74, 6) is 0.299. The Morgan fingerprint density at radius 1 is 1.09 bits per heavy atom. The van der Waals surface area contributed by atoms with Gasteiger partial charge in [-0.25, -0.2) is 9.37 Å². The molecule has 1 aliphatic rings. The first-order chi connectivity index (χ1) is 15.4. The average Bonchev–Trinajstić information content (AvgIpc) is 3.18. The Morgan fingerprint density at radius 3 is 2.50 bits per heavy atom. The van der Waals surface area contributed by atoms with Crippen LogP contribution in [-0.2, 0) is 6.54 Å². The van der Waals surface area contributed by atoms with Crippen LogP contribution in [0.2, 0.25) is 10.0 Å². The van der Waals surface area contributed by atoms with Crippen LogP contribution >= 0.6 is 23.2 Å². The van der Waals surface area contributed by atoms with E-state index >= 15 is 0 Å². The number of nitrogens with two attached hydrogens (primary N) is 1. The minimum atomic E-state index is -0.782. The monoisotopic (exact) mass is 466 g/mol. The molecule has 5 rings (SSSR count). The van der Waals surface area contributed by atoms with Crippen molar-refractivity contribution in [2.75, 3.05) is 18.8 Å². The predicted molar refractivity (Wildman–Crippen MR) is 124 cm³/mol. The summed E-state index contributed by atoms with van der Waals surface area (Å²) in [5, 5.41) is 10.5. The minimum Gasteiger partial charge on any atom is -0.435 e. The largest absolute Gasteiger partial charge is 0.435 e. The number of fused-ring (bicyclic) bond motifs is 1. The van der Waals surface area contributed by atoms with Crippen molar-refractivity contribution in [1.82, 2.24) is 9.88 Å². The standard InChI is InChI=1S/C24H17Cl2FN4O/c25-21-16(17-4-2-6-19(29)22(17)26)3-1-5-18(21)24-30-20-8-13(10-31-11-15(27)12-31)7-14(9-28)23(20)32-24/h1-8,15H,10-12,29H2. The molecule has 0 unspecified atom stereocenters. The number of aromatic nitrogens is 1. The van der Waals surface area contributed by atoms with Gasteiger partial charge in [-0.2, -0.15) is 5.26 Å². The van der Waals surface area contributed by atoms with Gasteiger partial charge in [0.05, 0.1) is 26.9 Å². The number of hydrogen-bond donors (Lipinski definition) is 1. The highest BCUT2D eigenvalue weighted by Gasteiger charge is 2.26. The SMILES string of the molecule is N#Cc1cc(CN2CC(F)C2)cc2nc(-c3cccc(-c4cccc(N)c4Cl)c3Cl)oc12. The Hall–Kier alpha value is -3.11. The summed E-state index contributed by atoms with van der Waals surface area (Å²) in [6, 6.07) is 16.6. The van der Waals surface area contributed by atoms with E-state index in [1.807, 2.05) is 35.2 Å². The summed E-state index contributed by atoms with van der Waals surface area (Å²) < 4.78 is 19.1. The lowest BCUT2D eigenvalue weighted by Crippen LogP contribution is -2.47. The molecule has 0 saturated carbocycles. The van der Waals surface area contributed by atoms with Crippen LogP contribution in [0.15, 0.2) is 52.9 Å². The molecule has 1 saturated heterocycles. The molecule has 0 atom stereocenters. The Balaban J connectivity index is 1.58. The van der Waals surface area contributed by atoms with Gasteiger partial charge in [0.2, 0.25) is 5.89 Å². The van der Waals surface area contributed by atoms with E-state index in [0.29, 0.717) is 74.6 Å². The lowest BCUT2D eigenvalue weighted by Gasteiger charge is -2.34. The number of halogens is 3. The number of nitriles is 1. The van der Waals surface area contributed by atoms with Gasteiger partial charge in [0.25, 0.3) is 0 Å². The first-order valence-electron chi connectivity index (χ1n) is 9.98. The molecule has 0 spiro atoms. The number of nitrogen functional groups attached to an aromatic ring is 1. The number of oxazole rings is 1. The molecule has 2 heterocycles. The van der Waals surface area contributed by atoms with Crippen molar-refractivity contribution in [2.24, 2.45) is 0 Å². The van der Waals surface area contributed by atoms with Crippen molar-refractivity contribution in [3.63, 3.8) is 0 Å². The van der Waals surface area contributed by atoms with Crippen molar-refractivity contribution >= 4 is 40.0 Å². The summed E-state index contributed by atoms with van der Waals surface area (Å²) in [6.07, 6.45) is -0.782. The number of alkyl halides is 1. The molecule has 0 bridgehead atoms. The molecular weight excluding hydrogens is 450 g/mol. The van der Waals surface area contributed by atoms with E-state index in [4.69, 9.17) is 33.4 Å². The molecule has 5 nitrogen and oxygen atoms in total. The fraction of sp³-hybridized carbons (Fsp3) is 0.167. The molecule has 0 radical (unpaired) electrons. The van der Waals surface area contributed by atoms with Gasteiger partial charge in [-0.15, -0.1) is 0 Å². The van der Waals surface area contributed by atoms with E-state index in [1.165, 1.54) is 0 Å². The zero-order valence-electron chi connectivity index (χ0n) is 16.8. The molecule has 3 aromatic carbocycles. The topological polar surface area (TPSA) is 79.1 Å². The molecule has 160 valence electrons. The van der Waals surface area contributed by atoms with Crippen LogP contribution < -0.4 is 5.73 Å². The van der Waals surface area contributed by atoms with Gasteiger partial charge in [-0.3, -0.25) is 4.90 Å². The first kappa shape index (κ1) is 20.8. The van der Waals surface area contributed by atoms with Crippen LogP contribution in [-0.4, -0.2) is 29.1 Å². The molecule has 32 heavy (non-hydrogen) atoms. The van der Waals surface area contributed by atoms with Crippen molar-refractivity contribution in [3.8, 4) is 28.7 Å². The summed E-state index contributed by atoms with van der Waals surface area (Å²) in [5.41, 5.74) is 10.6. The molecule has 0 aliphatic carbocycles. The van der Waals surface area contributed by atoms with Crippen LogP contribution in [0.4, 0.5) is 10.1 Å². The van der Waals surface area contributed by atoms with Gasteiger partial charge >= 0.3 is 0 Å². The van der Waals surface area contributed by atoms with Crippen LogP contribution in [0.5, 0.6) is 0 Å². The Labute approximate surface area is 193 Å². The second-order valence-electron chi connectivity index (χ2n) is 7.79. The molecule has 2 N–H and O–H groups in total. The number of nitrogens with zero attached hydrogens (tertiary/aromatic N) is 3. The molecule has 8 heteroatoms. The molecule has 0 amide bonds. The molecule has 4 aromatic rings. The number of rotatable bonds is 4. The van der Waals surface area contributed by atoms with E-state index < -0.39 is 6.17 Å². The zero-order valence-corrected chi connectivity index (χ0v) is 18.3. The van der Waals surface area contributed by atoms with E-state index in [-0.39, 0.29) is 0 Å². The van der Waals surface area contributed by atoms with Gasteiger partial charge in [0.15, 0.2) is 5.58 Å². The third-order valence-electron chi connectivity index (χ3n) is 5.54. The number of hydrogen-bond acceptors (Lipinski definition) is 5. The van der Waals surface area contributed by atoms with Gasteiger partial charge in [-0.05, 0) is 29.8 Å². The maximum absolute atomic E-state index is 13.2. The van der Waals surface area contributed by atoms with Gasteiger partial charge in [-0.1, -0.05) is 47.5 Å². The quantitative estimate of drug-likeness (QED) is 0.368. The van der Waals surface area contributed by atoms with Crippen LogP contribution in [0, 0.1) is 11.3 Å². The highest BCUT2D eigenvalue weighted by molar-refractivity contribution is 6.39. The maximum atomic E-state index is 13.2. The maximum Gasteiger partial charge on any atom is 0.228 e. The van der Waals surface area contributed by atoms with Crippen molar-refractivity contribution in [3.05, 3.63) is 69.7 Å². The Kier molecular flexibility index (Phi) is 5.26. The molecule has 1 aromatic heterocycles. The minimum absolute atomic E-state index is 0.299. The second kappa shape index (κ2) is 8.10. The van der Waals surface area contributed by atoms with E-state index in [0.717, 1.165) is 5.56 Å². The number of anilines is 1. The van der Waals surface area contributed by atoms with Crippen LogP contribution in [0.3, 0.4) is 0 Å². The smallest absolute Gasteiger partial charge is 0.228 e. The van der Waals surface area contributed by atoms with E-state index in [2.05, 4.69) is 11.1 Å². The summed E-state index contributed by atoms with van der Waals surface area (Å²) in [6.45, 7) is 1.36. The number of likely N-dealkylation sites (tertiary alicyclic amines) is 1. The molecule has 1 aliphatic heterocycles. The highest BCUT2D eigenvalue weighted by Crippen LogP contribution is 2.41. The lowest BCUT2D eigenvalue weighted by atomic mass is 10.0. The fourth-order valence-corrected chi connectivity index (χ4v) is 4.47. The van der Waals surface area contributed by atoms with Crippen LogP contribution in [0.25, 0.3) is 33.7 Å². The predicted octanol–water partition coefficient (Wildman–Crippen LogP) is 6.08. The summed E-state index contributed by atoms with van der Waals surface area (Å²) in [7, 11) is 0. The van der Waals surface area contributed by atoms with Crippen LogP contribution in [0.1, 0.15) is 11.1 Å². The summed E-state index contributed by atoms with van der Waals surface area (Å²) >= 11 is 13.1. The average molecular weight is 467 g/mol. The third kappa shape index (κ3) is 3.59. The normalized spacial score (nSPS) is 14.4. The van der Waals surface area contributed by atoms with Crippen molar-refractivity contribution in [1.29, 1.82) is 5.26 Å². The Bertz CT molecular complexity index is 1390.